The van der Waals surface area contributed by atoms with Crippen LogP contribution in [0.4, 0.5) is 0 Å². The second-order valence-electron chi connectivity index (χ2n) is 7.75. The molecule has 3 heterocycles. The molecule has 1 aliphatic heterocycles. The molecular formula is C19H25N3O4S2. The average Bonchev–Trinajstić information content (AvgIpc) is 3.24. The van der Waals surface area contributed by atoms with Crippen molar-refractivity contribution in [2.24, 2.45) is 5.92 Å². The SMILES string of the molecule is Cc1noc(C)c1S(=O)(=O)N1CCN(C(=O)c2csc3c2CCC(C)C3)CC1. The van der Waals surface area contributed by atoms with Crippen LogP contribution in [0.2, 0.25) is 0 Å². The van der Waals surface area contributed by atoms with E-state index < -0.39 is 10.0 Å². The highest BCUT2D eigenvalue weighted by molar-refractivity contribution is 7.89. The third-order valence-electron chi connectivity index (χ3n) is 5.72. The van der Waals surface area contributed by atoms with Gasteiger partial charge in [0, 0.05) is 36.4 Å². The summed E-state index contributed by atoms with van der Waals surface area (Å²) in [6.45, 7) is 6.83. The first-order valence-corrected chi connectivity index (χ1v) is 11.9. The summed E-state index contributed by atoms with van der Waals surface area (Å²) in [5.74, 6) is 1.00. The normalized spacial score (nSPS) is 21.0. The van der Waals surface area contributed by atoms with Gasteiger partial charge in [-0.15, -0.1) is 11.3 Å². The number of thiophene rings is 1. The van der Waals surface area contributed by atoms with Crippen LogP contribution >= 0.6 is 11.3 Å². The molecule has 1 atom stereocenters. The van der Waals surface area contributed by atoms with E-state index in [1.165, 1.54) is 14.7 Å². The number of piperazine rings is 1. The number of carbonyl (C=O) groups excluding carboxylic acids is 1. The van der Waals surface area contributed by atoms with Gasteiger partial charge < -0.3 is 9.42 Å². The molecule has 0 radical (unpaired) electrons. The molecule has 2 aromatic rings. The monoisotopic (exact) mass is 423 g/mol. The lowest BCUT2D eigenvalue weighted by molar-refractivity contribution is 0.0697. The fourth-order valence-corrected chi connectivity index (χ4v) is 7.08. The van der Waals surface area contributed by atoms with Crippen LogP contribution in [-0.4, -0.2) is 54.9 Å². The molecule has 1 fully saturated rings. The molecule has 1 unspecified atom stereocenters. The van der Waals surface area contributed by atoms with Crippen molar-refractivity contribution >= 4 is 27.3 Å². The van der Waals surface area contributed by atoms with E-state index in [-0.39, 0.29) is 23.9 Å². The minimum Gasteiger partial charge on any atom is -0.360 e. The summed E-state index contributed by atoms with van der Waals surface area (Å²) in [6, 6.07) is 0. The summed E-state index contributed by atoms with van der Waals surface area (Å²) < 4.78 is 32.3. The summed E-state index contributed by atoms with van der Waals surface area (Å²) in [6.07, 6.45) is 3.13. The third-order valence-corrected chi connectivity index (χ3v) is 8.92. The Balaban J connectivity index is 1.47. The van der Waals surface area contributed by atoms with E-state index in [1.807, 2.05) is 5.38 Å². The molecule has 0 bridgehead atoms. The summed E-state index contributed by atoms with van der Waals surface area (Å²) in [4.78, 5) is 16.3. The molecule has 152 valence electrons. The van der Waals surface area contributed by atoms with Crippen LogP contribution in [0, 0.1) is 19.8 Å². The van der Waals surface area contributed by atoms with E-state index in [0.29, 0.717) is 30.5 Å². The van der Waals surface area contributed by atoms with Crippen molar-refractivity contribution in [1.29, 1.82) is 0 Å². The van der Waals surface area contributed by atoms with Crippen LogP contribution in [-0.2, 0) is 22.9 Å². The first-order chi connectivity index (χ1) is 13.3. The van der Waals surface area contributed by atoms with Crippen LogP contribution < -0.4 is 0 Å². The fraction of sp³-hybridized carbons (Fsp3) is 0.579. The Morgan fingerprint density at radius 2 is 1.96 bits per heavy atom. The number of hydrogen-bond acceptors (Lipinski definition) is 6. The van der Waals surface area contributed by atoms with Gasteiger partial charge in [-0.1, -0.05) is 12.1 Å². The number of rotatable bonds is 3. The molecule has 2 aliphatic rings. The van der Waals surface area contributed by atoms with Gasteiger partial charge in [-0.2, -0.15) is 4.31 Å². The number of hydrogen-bond donors (Lipinski definition) is 0. The van der Waals surface area contributed by atoms with E-state index in [9.17, 15) is 13.2 Å². The van der Waals surface area contributed by atoms with Crippen LogP contribution in [0.1, 0.15) is 45.6 Å². The second kappa shape index (κ2) is 7.27. The molecule has 0 saturated carbocycles. The van der Waals surface area contributed by atoms with Gasteiger partial charge in [-0.25, -0.2) is 8.42 Å². The number of sulfonamides is 1. The Kier molecular flexibility index (Phi) is 5.09. The average molecular weight is 424 g/mol. The lowest BCUT2D eigenvalue weighted by atomic mass is 9.88. The van der Waals surface area contributed by atoms with Crippen molar-refractivity contribution in [3.8, 4) is 0 Å². The molecule has 0 spiro atoms. The van der Waals surface area contributed by atoms with Gasteiger partial charge >= 0.3 is 0 Å². The Bertz CT molecular complexity index is 981. The Labute approximate surface area is 169 Å². The molecule has 1 amide bonds. The maximum Gasteiger partial charge on any atom is 0.255 e. The molecule has 1 saturated heterocycles. The quantitative estimate of drug-likeness (QED) is 0.758. The van der Waals surface area contributed by atoms with E-state index >= 15 is 0 Å². The van der Waals surface area contributed by atoms with Crippen molar-refractivity contribution in [3.63, 3.8) is 0 Å². The largest absolute Gasteiger partial charge is 0.360 e. The smallest absolute Gasteiger partial charge is 0.255 e. The molecular weight excluding hydrogens is 398 g/mol. The zero-order chi connectivity index (χ0) is 20.1. The molecule has 28 heavy (non-hydrogen) atoms. The summed E-state index contributed by atoms with van der Waals surface area (Å²) in [5.41, 5.74) is 2.39. The van der Waals surface area contributed by atoms with Crippen LogP contribution in [0.25, 0.3) is 0 Å². The van der Waals surface area contributed by atoms with Gasteiger partial charge in [0.1, 0.15) is 10.6 Å². The van der Waals surface area contributed by atoms with Crippen molar-refractivity contribution in [1.82, 2.24) is 14.4 Å². The first-order valence-electron chi connectivity index (χ1n) is 9.60. The Hall–Kier alpha value is -1.71. The third kappa shape index (κ3) is 3.29. The van der Waals surface area contributed by atoms with Gasteiger partial charge in [-0.05, 0) is 44.6 Å². The number of aryl methyl sites for hydroxylation is 2. The van der Waals surface area contributed by atoms with Gasteiger partial charge in [0.15, 0.2) is 5.76 Å². The minimum atomic E-state index is -3.66. The summed E-state index contributed by atoms with van der Waals surface area (Å²) in [7, 11) is -3.66. The molecule has 0 N–H and O–H groups in total. The fourth-order valence-electron chi connectivity index (χ4n) is 4.13. The second-order valence-corrected chi connectivity index (χ2v) is 10.6. The number of carbonyl (C=O) groups is 1. The maximum atomic E-state index is 13.0. The molecule has 0 aromatic carbocycles. The summed E-state index contributed by atoms with van der Waals surface area (Å²) in [5, 5.41) is 5.74. The van der Waals surface area contributed by atoms with Gasteiger partial charge in [0.05, 0.1) is 5.56 Å². The van der Waals surface area contributed by atoms with E-state index in [1.54, 1.807) is 30.1 Å². The Morgan fingerprint density at radius 1 is 1.25 bits per heavy atom. The number of nitrogens with zero attached hydrogens (tertiary/aromatic N) is 3. The zero-order valence-corrected chi connectivity index (χ0v) is 18.0. The lowest BCUT2D eigenvalue weighted by Crippen LogP contribution is -2.50. The van der Waals surface area contributed by atoms with E-state index in [0.717, 1.165) is 24.8 Å². The topological polar surface area (TPSA) is 83.7 Å². The molecule has 2 aromatic heterocycles. The van der Waals surface area contributed by atoms with Gasteiger partial charge in [0.2, 0.25) is 10.0 Å². The molecule has 9 heteroatoms. The Morgan fingerprint density at radius 3 is 2.61 bits per heavy atom. The van der Waals surface area contributed by atoms with Crippen molar-refractivity contribution < 1.29 is 17.7 Å². The highest BCUT2D eigenvalue weighted by Gasteiger charge is 2.35. The van der Waals surface area contributed by atoms with Crippen molar-refractivity contribution in [2.45, 2.75) is 44.9 Å². The molecule has 4 rings (SSSR count). The van der Waals surface area contributed by atoms with E-state index in [4.69, 9.17) is 4.52 Å². The molecule has 7 nitrogen and oxygen atoms in total. The first kappa shape index (κ1) is 19.6. The van der Waals surface area contributed by atoms with Crippen LogP contribution in [0.5, 0.6) is 0 Å². The highest BCUT2D eigenvalue weighted by atomic mass is 32.2. The van der Waals surface area contributed by atoms with Gasteiger partial charge in [-0.3, -0.25) is 4.79 Å². The predicted octanol–water partition coefficient (Wildman–Crippen LogP) is 2.62. The highest BCUT2D eigenvalue weighted by Crippen LogP contribution is 2.33. The minimum absolute atomic E-state index is 0.0291. The summed E-state index contributed by atoms with van der Waals surface area (Å²) >= 11 is 1.68. The molecule has 1 aliphatic carbocycles. The van der Waals surface area contributed by atoms with E-state index in [2.05, 4.69) is 12.1 Å². The number of amides is 1. The number of fused-ring (bicyclic) bond motifs is 1. The van der Waals surface area contributed by atoms with Gasteiger partial charge in [0.25, 0.3) is 5.91 Å². The van der Waals surface area contributed by atoms with Crippen LogP contribution in [0.15, 0.2) is 14.8 Å². The number of aromatic nitrogens is 1. The predicted molar refractivity (Wildman–Crippen MR) is 106 cm³/mol. The standard InChI is InChI=1S/C19H25N3O4S2/c1-12-4-5-15-16(11-27-17(15)10-12)19(23)21-6-8-22(9-7-21)28(24,25)18-13(2)20-26-14(18)3/h11-12H,4-10H2,1-3H3. The maximum absolute atomic E-state index is 13.0. The zero-order valence-electron chi connectivity index (χ0n) is 16.4. The lowest BCUT2D eigenvalue weighted by Gasteiger charge is -2.34. The van der Waals surface area contributed by atoms with Crippen LogP contribution in [0.3, 0.4) is 0 Å². The van der Waals surface area contributed by atoms with Crippen molar-refractivity contribution in [3.05, 3.63) is 32.8 Å². The van der Waals surface area contributed by atoms with Crippen molar-refractivity contribution in [2.75, 3.05) is 26.2 Å².